The molecule has 0 amide bonds. The second kappa shape index (κ2) is 5.19. The molecule has 118 valence electrons. The van der Waals surface area contributed by atoms with Crippen LogP contribution in [0.5, 0.6) is 0 Å². The molecule has 4 rings (SSSR count). The predicted octanol–water partition coefficient (Wildman–Crippen LogP) is 2.86. The average Bonchev–Trinajstić information content (AvgIpc) is 3.12. The Morgan fingerprint density at radius 1 is 1.23 bits per heavy atom. The first-order valence-electron chi connectivity index (χ1n) is 8.33. The van der Waals surface area contributed by atoms with Crippen LogP contribution in [0.1, 0.15) is 68.8 Å². The molecule has 2 fully saturated rings. The van der Waals surface area contributed by atoms with Gasteiger partial charge in [-0.2, -0.15) is 10.1 Å². The second-order valence-corrected chi connectivity index (χ2v) is 6.87. The molecular formula is C16H23N5O. The van der Waals surface area contributed by atoms with E-state index in [1.165, 1.54) is 32.1 Å². The van der Waals surface area contributed by atoms with Gasteiger partial charge in [0.05, 0.1) is 16.8 Å². The summed E-state index contributed by atoms with van der Waals surface area (Å²) in [5.41, 5.74) is 8.01. The zero-order valence-electron chi connectivity index (χ0n) is 13.1. The molecule has 2 aromatic heterocycles. The van der Waals surface area contributed by atoms with Crippen LogP contribution in [0.3, 0.4) is 0 Å². The van der Waals surface area contributed by atoms with Crippen molar-refractivity contribution in [3.8, 4) is 11.5 Å². The minimum absolute atomic E-state index is 0.380. The number of hydrogen-bond donors (Lipinski definition) is 1. The van der Waals surface area contributed by atoms with Crippen molar-refractivity contribution < 1.29 is 4.52 Å². The first kappa shape index (κ1) is 13.9. The maximum absolute atomic E-state index is 6.30. The molecule has 0 aliphatic heterocycles. The quantitative estimate of drug-likeness (QED) is 0.942. The van der Waals surface area contributed by atoms with Crippen LogP contribution in [0.4, 0.5) is 0 Å². The Bertz CT molecular complexity index is 664. The molecule has 2 N–H and O–H groups in total. The van der Waals surface area contributed by atoms with Gasteiger partial charge < -0.3 is 10.3 Å². The van der Waals surface area contributed by atoms with E-state index < -0.39 is 0 Å². The number of hydrogen-bond acceptors (Lipinski definition) is 5. The van der Waals surface area contributed by atoms with Crippen LogP contribution in [0.2, 0.25) is 0 Å². The van der Waals surface area contributed by atoms with Crippen LogP contribution in [-0.4, -0.2) is 19.9 Å². The van der Waals surface area contributed by atoms with Crippen LogP contribution in [0, 0.1) is 0 Å². The zero-order chi connectivity index (χ0) is 15.2. The Morgan fingerprint density at radius 3 is 2.68 bits per heavy atom. The Hall–Kier alpha value is -1.69. The molecule has 6 nitrogen and oxygen atoms in total. The first-order chi connectivity index (χ1) is 10.7. The minimum atomic E-state index is -0.380. The van der Waals surface area contributed by atoms with Gasteiger partial charge >= 0.3 is 0 Å². The lowest BCUT2D eigenvalue weighted by Crippen LogP contribution is -2.44. The van der Waals surface area contributed by atoms with Gasteiger partial charge in [0.15, 0.2) is 5.82 Å². The van der Waals surface area contributed by atoms with Gasteiger partial charge in [0.25, 0.3) is 5.89 Å². The Morgan fingerprint density at radius 2 is 2.00 bits per heavy atom. The van der Waals surface area contributed by atoms with E-state index in [2.05, 4.69) is 15.2 Å². The van der Waals surface area contributed by atoms with Crippen LogP contribution >= 0.6 is 0 Å². The fourth-order valence-corrected chi connectivity index (χ4v) is 3.66. The highest BCUT2D eigenvalue weighted by atomic mass is 16.5. The third kappa shape index (κ3) is 2.26. The van der Waals surface area contributed by atoms with Gasteiger partial charge in [-0.3, -0.25) is 4.68 Å². The molecule has 2 aromatic rings. The molecule has 0 saturated heterocycles. The van der Waals surface area contributed by atoms with Crippen molar-refractivity contribution in [2.75, 3.05) is 0 Å². The summed E-state index contributed by atoms with van der Waals surface area (Å²) >= 11 is 0. The predicted molar refractivity (Wildman–Crippen MR) is 82.0 cm³/mol. The molecule has 2 aliphatic carbocycles. The number of nitrogens with zero attached hydrogens (tertiary/aromatic N) is 4. The SMILES string of the molecule is Cn1cc(-c2nc(C3(N)CCC3)no2)c(C2CCCCC2)n1. The first-order valence-corrected chi connectivity index (χ1v) is 8.33. The number of aryl methyl sites for hydroxylation is 1. The van der Waals surface area contributed by atoms with E-state index in [-0.39, 0.29) is 5.54 Å². The van der Waals surface area contributed by atoms with E-state index in [1.807, 2.05) is 17.9 Å². The Kier molecular flexibility index (Phi) is 3.29. The maximum Gasteiger partial charge on any atom is 0.261 e. The van der Waals surface area contributed by atoms with Crippen molar-refractivity contribution in [1.29, 1.82) is 0 Å². The van der Waals surface area contributed by atoms with Gasteiger partial charge in [0.2, 0.25) is 0 Å². The number of aromatic nitrogens is 4. The van der Waals surface area contributed by atoms with Crippen LogP contribution in [0.15, 0.2) is 10.7 Å². The minimum Gasteiger partial charge on any atom is -0.334 e. The maximum atomic E-state index is 6.30. The van der Waals surface area contributed by atoms with Crippen molar-refractivity contribution in [3.05, 3.63) is 17.7 Å². The summed E-state index contributed by atoms with van der Waals surface area (Å²) in [5.74, 6) is 1.73. The van der Waals surface area contributed by atoms with Gasteiger partial charge in [-0.05, 0) is 32.1 Å². The highest BCUT2D eigenvalue weighted by Crippen LogP contribution is 2.40. The van der Waals surface area contributed by atoms with Gasteiger partial charge in [0, 0.05) is 19.2 Å². The number of rotatable bonds is 3. The molecule has 6 heteroatoms. The van der Waals surface area contributed by atoms with Gasteiger partial charge in [-0.25, -0.2) is 0 Å². The molecule has 0 aromatic carbocycles. The highest BCUT2D eigenvalue weighted by molar-refractivity contribution is 5.56. The Balaban J connectivity index is 1.67. The van der Waals surface area contributed by atoms with E-state index in [1.54, 1.807) is 0 Å². The fraction of sp³-hybridized carbons (Fsp3) is 0.688. The van der Waals surface area contributed by atoms with Gasteiger partial charge in [-0.15, -0.1) is 0 Å². The highest BCUT2D eigenvalue weighted by Gasteiger charge is 2.39. The standard InChI is InChI=1S/C16H23N5O/c1-21-10-12(13(19-21)11-6-3-2-4-7-11)14-18-15(20-22-14)16(17)8-5-9-16/h10-11H,2-9,17H2,1H3. The van der Waals surface area contributed by atoms with Crippen LogP contribution < -0.4 is 5.73 Å². The van der Waals surface area contributed by atoms with Crippen molar-refractivity contribution >= 4 is 0 Å². The van der Waals surface area contributed by atoms with Crippen molar-refractivity contribution in [2.24, 2.45) is 12.8 Å². The topological polar surface area (TPSA) is 82.8 Å². The lowest BCUT2D eigenvalue weighted by Gasteiger charge is -2.34. The van der Waals surface area contributed by atoms with E-state index in [0.717, 1.165) is 30.5 Å². The lowest BCUT2D eigenvalue weighted by molar-refractivity contribution is 0.229. The molecule has 0 radical (unpaired) electrons. The molecular weight excluding hydrogens is 278 g/mol. The van der Waals surface area contributed by atoms with Crippen LogP contribution in [-0.2, 0) is 12.6 Å². The smallest absolute Gasteiger partial charge is 0.261 e. The lowest BCUT2D eigenvalue weighted by atomic mass is 9.77. The fourth-order valence-electron chi connectivity index (χ4n) is 3.66. The molecule has 0 atom stereocenters. The van der Waals surface area contributed by atoms with Crippen molar-refractivity contribution in [1.82, 2.24) is 19.9 Å². The molecule has 0 spiro atoms. The summed E-state index contributed by atoms with van der Waals surface area (Å²) in [6.45, 7) is 0. The molecule has 2 saturated carbocycles. The van der Waals surface area contributed by atoms with Gasteiger partial charge in [-0.1, -0.05) is 24.4 Å². The summed E-state index contributed by atoms with van der Waals surface area (Å²) < 4.78 is 7.38. The van der Waals surface area contributed by atoms with Gasteiger partial charge in [0.1, 0.15) is 0 Å². The Labute approximate surface area is 130 Å². The average molecular weight is 301 g/mol. The third-order valence-corrected chi connectivity index (χ3v) is 5.20. The molecule has 2 aliphatic rings. The summed E-state index contributed by atoms with van der Waals surface area (Å²) in [4.78, 5) is 4.59. The zero-order valence-corrected chi connectivity index (χ0v) is 13.1. The second-order valence-electron chi connectivity index (χ2n) is 6.87. The third-order valence-electron chi connectivity index (χ3n) is 5.20. The van der Waals surface area contributed by atoms with E-state index in [9.17, 15) is 0 Å². The molecule has 2 heterocycles. The van der Waals surface area contributed by atoms with Crippen molar-refractivity contribution in [3.63, 3.8) is 0 Å². The summed E-state index contributed by atoms with van der Waals surface area (Å²) in [6.07, 6.45) is 11.3. The monoisotopic (exact) mass is 301 g/mol. The normalized spacial score (nSPS) is 21.7. The molecule has 0 unspecified atom stereocenters. The summed E-state index contributed by atoms with van der Waals surface area (Å²) in [5, 5.41) is 8.81. The molecule has 0 bridgehead atoms. The summed E-state index contributed by atoms with van der Waals surface area (Å²) in [7, 11) is 1.95. The van der Waals surface area contributed by atoms with E-state index >= 15 is 0 Å². The van der Waals surface area contributed by atoms with Crippen LogP contribution in [0.25, 0.3) is 11.5 Å². The largest absolute Gasteiger partial charge is 0.334 e. The van der Waals surface area contributed by atoms with Crippen molar-refractivity contribution in [2.45, 2.75) is 62.8 Å². The van der Waals surface area contributed by atoms with E-state index in [4.69, 9.17) is 10.3 Å². The summed E-state index contributed by atoms with van der Waals surface area (Å²) in [6, 6.07) is 0. The number of nitrogens with two attached hydrogens (primary N) is 1. The molecule has 22 heavy (non-hydrogen) atoms. The van der Waals surface area contributed by atoms with E-state index in [0.29, 0.717) is 17.6 Å².